The number of carboxylic acid groups (broad SMARTS) is 1. The second-order valence-corrected chi connectivity index (χ2v) is 4.04. The Kier molecular flexibility index (Phi) is 5.15. The van der Waals surface area contributed by atoms with Gasteiger partial charge in [0.2, 0.25) is 5.91 Å². The number of rotatable bonds is 6. The molecule has 1 rings (SSSR count). The molecule has 0 aliphatic carbocycles. The number of likely N-dealkylation sites (tertiary alicyclic amines) is 1. The highest BCUT2D eigenvalue weighted by molar-refractivity contribution is 5.76. The number of hydrogen-bond acceptors (Lipinski definition) is 2. The zero-order valence-electron chi connectivity index (χ0n) is 9.07. The molecular weight excluding hydrogens is 194 g/mol. The Morgan fingerprint density at radius 1 is 1.27 bits per heavy atom. The summed E-state index contributed by atoms with van der Waals surface area (Å²) in [7, 11) is 0. The minimum absolute atomic E-state index is 0.244. The van der Waals surface area contributed by atoms with Crippen molar-refractivity contribution in [3.63, 3.8) is 0 Å². The predicted octanol–water partition coefficient (Wildman–Crippen LogP) is 1.64. The van der Waals surface area contributed by atoms with Gasteiger partial charge in [-0.25, -0.2) is 0 Å². The van der Waals surface area contributed by atoms with Gasteiger partial charge in [-0.2, -0.15) is 0 Å². The largest absolute Gasteiger partial charge is 0.481 e. The van der Waals surface area contributed by atoms with Crippen LogP contribution in [0.3, 0.4) is 0 Å². The lowest BCUT2D eigenvalue weighted by molar-refractivity contribution is -0.137. The zero-order valence-corrected chi connectivity index (χ0v) is 9.07. The molecule has 0 atom stereocenters. The standard InChI is InChI=1S/C11H19NO3/c13-10-6-3-5-9-12(10)8-4-1-2-7-11(14)15/h1-9H2,(H,14,15). The Balaban J connectivity index is 2.03. The van der Waals surface area contributed by atoms with Crippen molar-refractivity contribution in [2.75, 3.05) is 13.1 Å². The Hall–Kier alpha value is -1.06. The number of amides is 1. The van der Waals surface area contributed by atoms with Crippen LogP contribution in [0.1, 0.15) is 44.9 Å². The van der Waals surface area contributed by atoms with Gasteiger partial charge in [0.1, 0.15) is 0 Å². The van der Waals surface area contributed by atoms with Gasteiger partial charge in [-0.1, -0.05) is 6.42 Å². The number of hydrogen-bond donors (Lipinski definition) is 1. The first-order valence-corrected chi connectivity index (χ1v) is 5.70. The summed E-state index contributed by atoms with van der Waals surface area (Å²) in [5.41, 5.74) is 0. The molecule has 1 aliphatic rings. The number of unbranched alkanes of at least 4 members (excludes halogenated alkanes) is 2. The molecule has 0 bridgehead atoms. The van der Waals surface area contributed by atoms with Crippen LogP contribution in [0, 0.1) is 0 Å². The summed E-state index contributed by atoms with van der Waals surface area (Å²) < 4.78 is 0. The zero-order chi connectivity index (χ0) is 11.1. The van der Waals surface area contributed by atoms with E-state index in [0.29, 0.717) is 6.42 Å². The van der Waals surface area contributed by atoms with E-state index >= 15 is 0 Å². The summed E-state index contributed by atoms with van der Waals surface area (Å²) in [6, 6.07) is 0. The molecule has 0 spiro atoms. The molecule has 1 amide bonds. The van der Waals surface area contributed by atoms with E-state index in [-0.39, 0.29) is 12.3 Å². The molecule has 0 aromatic carbocycles. The van der Waals surface area contributed by atoms with E-state index in [0.717, 1.165) is 45.2 Å². The quantitative estimate of drug-likeness (QED) is 0.682. The van der Waals surface area contributed by atoms with E-state index < -0.39 is 5.97 Å². The molecule has 1 N–H and O–H groups in total. The highest BCUT2D eigenvalue weighted by atomic mass is 16.4. The molecule has 0 aromatic heterocycles. The summed E-state index contributed by atoms with van der Waals surface area (Å²) >= 11 is 0. The van der Waals surface area contributed by atoms with E-state index in [1.807, 2.05) is 4.90 Å². The van der Waals surface area contributed by atoms with Crippen molar-refractivity contribution in [3.05, 3.63) is 0 Å². The Morgan fingerprint density at radius 2 is 2.07 bits per heavy atom. The van der Waals surface area contributed by atoms with Crippen molar-refractivity contribution in [1.82, 2.24) is 4.90 Å². The summed E-state index contributed by atoms with van der Waals surface area (Å²) in [5, 5.41) is 8.44. The van der Waals surface area contributed by atoms with Gasteiger partial charge in [-0.05, 0) is 25.7 Å². The number of nitrogens with zero attached hydrogens (tertiary/aromatic N) is 1. The van der Waals surface area contributed by atoms with Crippen molar-refractivity contribution in [3.8, 4) is 0 Å². The van der Waals surface area contributed by atoms with Gasteiger partial charge < -0.3 is 10.0 Å². The maximum Gasteiger partial charge on any atom is 0.303 e. The lowest BCUT2D eigenvalue weighted by atomic mass is 10.1. The molecule has 4 heteroatoms. The molecule has 0 aromatic rings. The molecule has 4 nitrogen and oxygen atoms in total. The van der Waals surface area contributed by atoms with Gasteiger partial charge in [0, 0.05) is 25.9 Å². The van der Waals surface area contributed by atoms with Gasteiger partial charge in [0.05, 0.1) is 0 Å². The van der Waals surface area contributed by atoms with Gasteiger partial charge in [-0.15, -0.1) is 0 Å². The fourth-order valence-corrected chi connectivity index (χ4v) is 1.85. The third-order valence-electron chi connectivity index (χ3n) is 2.74. The van der Waals surface area contributed by atoms with Crippen LogP contribution in [-0.2, 0) is 9.59 Å². The molecule has 1 heterocycles. The predicted molar refractivity (Wildman–Crippen MR) is 56.5 cm³/mol. The van der Waals surface area contributed by atoms with Crippen LogP contribution in [0.5, 0.6) is 0 Å². The highest BCUT2D eigenvalue weighted by Gasteiger charge is 2.16. The minimum Gasteiger partial charge on any atom is -0.481 e. The molecule has 0 saturated carbocycles. The normalized spacial score (nSPS) is 16.8. The molecule has 1 aliphatic heterocycles. The van der Waals surface area contributed by atoms with Crippen molar-refractivity contribution < 1.29 is 14.7 Å². The van der Waals surface area contributed by atoms with Crippen LogP contribution >= 0.6 is 0 Å². The third-order valence-corrected chi connectivity index (χ3v) is 2.74. The fourth-order valence-electron chi connectivity index (χ4n) is 1.85. The summed E-state index contributed by atoms with van der Waals surface area (Å²) in [6.45, 7) is 1.69. The van der Waals surface area contributed by atoms with E-state index in [9.17, 15) is 9.59 Å². The SMILES string of the molecule is O=C(O)CCCCCN1CCCCC1=O. The fraction of sp³-hybridized carbons (Fsp3) is 0.818. The second kappa shape index (κ2) is 6.43. The third kappa shape index (κ3) is 4.81. The molecule has 0 radical (unpaired) electrons. The van der Waals surface area contributed by atoms with E-state index in [1.54, 1.807) is 0 Å². The maximum atomic E-state index is 11.4. The molecule has 15 heavy (non-hydrogen) atoms. The van der Waals surface area contributed by atoms with E-state index in [2.05, 4.69) is 0 Å². The first-order chi connectivity index (χ1) is 7.20. The Labute approximate surface area is 90.3 Å². The van der Waals surface area contributed by atoms with Gasteiger partial charge in [0.25, 0.3) is 0 Å². The molecule has 0 unspecified atom stereocenters. The lowest BCUT2D eigenvalue weighted by Crippen LogP contribution is -2.35. The molecule has 86 valence electrons. The van der Waals surface area contributed by atoms with Gasteiger partial charge in [-0.3, -0.25) is 9.59 Å². The van der Waals surface area contributed by atoms with Crippen LogP contribution in [0.25, 0.3) is 0 Å². The topological polar surface area (TPSA) is 57.6 Å². The minimum atomic E-state index is -0.732. The molecular formula is C11H19NO3. The monoisotopic (exact) mass is 213 g/mol. The number of carbonyl (C=O) groups excluding carboxylic acids is 1. The first kappa shape index (κ1) is 12.0. The summed E-state index contributed by atoms with van der Waals surface area (Å²) in [4.78, 5) is 23.6. The van der Waals surface area contributed by atoms with E-state index in [1.165, 1.54) is 0 Å². The van der Waals surface area contributed by atoms with Crippen molar-refractivity contribution >= 4 is 11.9 Å². The number of aliphatic carboxylic acids is 1. The van der Waals surface area contributed by atoms with E-state index in [4.69, 9.17) is 5.11 Å². The average molecular weight is 213 g/mol. The Bertz CT molecular complexity index is 228. The van der Waals surface area contributed by atoms with Crippen LogP contribution in [0.4, 0.5) is 0 Å². The van der Waals surface area contributed by atoms with Crippen LogP contribution in [-0.4, -0.2) is 35.0 Å². The van der Waals surface area contributed by atoms with Gasteiger partial charge in [0.15, 0.2) is 0 Å². The number of carboxylic acids is 1. The van der Waals surface area contributed by atoms with Crippen molar-refractivity contribution in [2.24, 2.45) is 0 Å². The molecule has 1 saturated heterocycles. The first-order valence-electron chi connectivity index (χ1n) is 5.70. The van der Waals surface area contributed by atoms with Crippen molar-refractivity contribution in [1.29, 1.82) is 0 Å². The average Bonchev–Trinajstić information content (AvgIpc) is 2.20. The van der Waals surface area contributed by atoms with Gasteiger partial charge >= 0.3 is 5.97 Å². The second-order valence-electron chi connectivity index (χ2n) is 4.04. The molecule has 1 fully saturated rings. The maximum absolute atomic E-state index is 11.4. The van der Waals surface area contributed by atoms with Crippen LogP contribution < -0.4 is 0 Å². The number of piperidine rings is 1. The van der Waals surface area contributed by atoms with Crippen LogP contribution in [0.2, 0.25) is 0 Å². The van der Waals surface area contributed by atoms with Crippen molar-refractivity contribution in [2.45, 2.75) is 44.9 Å². The highest BCUT2D eigenvalue weighted by Crippen LogP contribution is 2.11. The summed E-state index contributed by atoms with van der Waals surface area (Å²) in [6.07, 6.45) is 5.62. The Morgan fingerprint density at radius 3 is 2.73 bits per heavy atom. The van der Waals surface area contributed by atoms with Crippen LogP contribution in [0.15, 0.2) is 0 Å². The smallest absolute Gasteiger partial charge is 0.303 e. The number of carbonyl (C=O) groups is 2. The summed E-state index contributed by atoms with van der Waals surface area (Å²) in [5.74, 6) is -0.469. The lowest BCUT2D eigenvalue weighted by Gasteiger charge is -2.26.